The van der Waals surface area contributed by atoms with Crippen molar-refractivity contribution < 1.29 is 14.2 Å². The number of benzene rings is 3. The maximum absolute atomic E-state index is 13.5. The highest BCUT2D eigenvalue weighted by Crippen LogP contribution is 2.53. The molecule has 3 aromatic rings. The maximum Gasteiger partial charge on any atom is 0.394 e. The lowest BCUT2D eigenvalue weighted by atomic mass is 9.80. The molecule has 0 aliphatic heterocycles. The fourth-order valence-corrected chi connectivity index (χ4v) is 4.79. The molecule has 0 heterocycles. The smallest absolute Gasteiger partial charge is 0.394 e. The monoisotopic (exact) mass is 410 g/mol. The van der Waals surface area contributed by atoms with Gasteiger partial charge >= 0.3 is 7.67 Å². The first-order valence-corrected chi connectivity index (χ1v) is 10.9. The standard InChI is InChI=1S/C23H27N2O3P/c1-24(2)29(27,25(3)4)28-22-18-12-11-17-21(22)23(26,19-13-7-5-8-14-19)20-15-9-6-10-16-20/h5-18,26H,1-4H3. The molecule has 0 atom stereocenters. The van der Waals surface area contributed by atoms with Gasteiger partial charge in [-0.2, -0.15) is 0 Å². The van der Waals surface area contributed by atoms with E-state index in [1.54, 1.807) is 43.6 Å². The number of rotatable bonds is 7. The van der Waals surface area contributed by atoms with E-state index >= 15 is 0 Å². The van der Waals surface area contributed by atoms with Crippen LogP contribution in [0, 0.1) is 0 Å². The summed E-state index contributed by atoms with van der Waals surface area (Å²) in [6.45, 7) is 0. The molecule has 0 aliphatic rings. The largest absolute Gasteiger partial charge is 0.421 e. The summed E-state index contributed by atoms with van der Waals surface area (Å²) in [5.41, 5.74) is 0.461. The summed E-state index contributed by atoms with van der Waals surface area (Å²) in [6, 6.07) is 26.1. The Bertz CT molecular complexity index is 940. The Morgan fingerprint density at radius 2 is 1.14 bits per heavy atom. The second kappa shape index (κ2) is 8.52. The summed E-state index contributed by atoms with van der Waals surface area (Å²) in [4.78, 5) is 0. The summed E-state index contributed by atoms with van der Waals surface area (Å²) in [7, 11) is 3.54. The van der Waals surface area contributed by atoms with Crippen molar-refractivity contribution in [2.45, 2.75) is 5.60 Å². The lowest BCUT2D eigenvalue weighted by molar-refractivity contribution is 0.123. The molecule has 1 N–H and O–H groups in total. The van der Waals surface area contributed by atoms with Crippen molar-refractivity contribution in [2.75, 3.05) is 28.2 Å². The van der Waals surface area contributed by atoms with E-state index in [2.05, 4.69) is 0 Å². The number of hydrogen-bond donors (Lipinski definition) is 1. The fraction of sp³-hybridized carbons (Fsp3) is 0.217. The first kappa shape index (κ1) is 21.3. The molecule has 0 saturated carbocycles. The minimum absolute atomic E-state index is 0.369. The van der Waals surface area contributed by atoms with Gasteiger partial charge in [0.05, 0.1) is 0 Å². The quantitative estimate of drug-likeness (QED) is 0.456. The SMILES string of the molecule is CN(C)P(=O)(Oc1ccccc1C(O)(c1ccccc1)c1ccccc1)N(C)C. The maximum atomic E-state index is 13.5. The van der Waals surface area contributed by atoms with E-state index < -0.39 is 13.3 Å². The normalized spacial score (nSPS) is 12.4. The van der Waals surface area contributed by atoms with Crippen LogP contribution in [0.1, 0.15) is 16.7 Å². The molecule has 0 aliphatic carbocycles. The fourth-order valence-electron chi connectivity index (χ4n) is 3.33. The Balaban J connectivity index is 2.23. The van der Waals surface area contributed by atoms with Gasteiger partial charge < -0.3 is 9.63 Å². The van der Waals surface area contributed by atoms with Gasteiger partial charge in [-0.3, -0.25) is 0 Å². The van der Waals surface area contributed by atoms with E-state index in [4.69, 9.17) is 4.52 Å². The Hall–Kier alpha value is -2.43. The molecule has 152 valence electrons. The highest BCUT2D eigenvalue weighted by molar-refractivity contribution is 7.54. The van der Waals surface area contributed by atoms with E-state index in [9.17, 15) is 9.67 Å². The van der Waals surface area contributed by atoms with Gasteiger partial charge in [0.25, 0.3) is 0 Å². The zero-order valence-corrected chi connectivity index (χ0v) is 18.1. The minimum Gasteiger partial charge on any atom is -0.421 e. The van der Waals surface area contributed by atoms with Crippen LogP contribution < -0.4 is 4.52 Å². The number of nitrogens with zero attached hydrogens (tertiary/aromatic N) is 2. The molecule has 0 aromatic heterocycles. The van der Waals surface area contributed by atoms with E-state index in [0.717, 1.165) is 0 Å². The molecular weight excluding hydrogens is 383 g/mol. The van der Waals surface area contributed by atoms with Crippen molar-refractivity contribution in [3.63, 3.8) is 0 Å². The Morgan fingerprint density at radius 1 is 0.724 bits per heavy atom. The minimum atomic E-state index is -3.31. The molecule has 3 rings (SSSR count). The third-order valence-electron chi connectivity index (χ3n) is 4.89. The summed E-state index contributed by atoms with van der Waals surface area (Å²) < 4.78 is 22.7. The number of hydrogen-bond acceptors (Lipinski definition) is 3. The summed E-state index contributed by atoms with van der Waals surface area (Å²) in [5, 5.41) is 12.1. The van der Waals surface area contributed by atoms with E-state index in [1.807, 2.05) is 78.9 Å². The van der Waals surface area contributed by atoms with Crippen LogP contribution in [-0.4, -0.2) is 42.6 Å². The predicted octanol–water partition coefficient (Wildman–Crippen LogP) is 4.58. The average Bonchev–Trinajstić information content (AvgIpc) is 2.74. The van der Waals surface area contributed by atoms with Crippen LogP contribution in [-0.2, 0) is 10.2 Å². The van der Waals surface area contributed by atoms with Crippen molar-refractivity contribution in [3.8, 4) is 5.75 Å². The molecular formula is C23H27N2O3P. The average molecular weight is 410 g/mol. The molecule has 0 fully saturated rings. The van der Waals surface area contributed by atoms with Crippen molar-refractivity contribution in [1.29, 1.82) is 0 Å². The third-order valence-corrected chi connectivity index (χ3v) is 7.34. The Morgan fingerprint density at radius 3 is 1.59 bits per heavy atom. The summed E-state index contributed by atoms with van der Waals surface area (Å²) >= 11 is 0. The van der Waals surface area contributed by atoms with Gasteiger partial charge in [-0.05, 0) is 45.4 Å². The van der Waals surface area contributed by atoms with E-state index in [0.29, 0.717) is 22.4 Å². The van der Waals surface area contributed by atoms with Gasteiger partial charge in [-0.1, -0.05) is 78.9 Å². The first-order chi connectivity index (χ1) is 13.8. The van der Waals surface area contributed by atoms with Gasteiger partial charge in [0.1, 0.15) is 11.4 Å². The van der Waals surface area contributed by atoms with Crippen molar-refractivity contribution in [1.82, 2.24) is 9.34 Å². The highest BCUT2D eigenvalue weighted by atomic mass is 31.2. The van der Waals surface area contributed by atoms with Crippen molar-refractivity contribution >= 4 is 7.67 Å². The van der Waals surface area contributed by atoms with Gasteiger partial charge in [-0.25, -0.2) is 13.9 Å². The molecule has 0 saturated heterocycles. The van der Waals surface area contributed by atoms with E-state index in [1.165, 1.54) is 0 Å². The number of aliphatic hydroxyl groups is 1. The van der Waals surface area contributed by atoms with Crippen molar-refractivity contribution in [2.24, 2.45) is 0 Å². The zero-order chi connectivity index (χ0) is 21.1. The van der Waals surface area contributed by atoms with Crippen LogP contribution in [0.5, 0.6) is 5.75 Å². The first-order valence-electron chi connectivity index (χ1n) is 9.38. The molecule has 29 heavy (non-hydrogen) atoms. The second-order valence-electron chi connectivity index (χ2n) is 7.21. The highest BCUT2D eigenvalue weighted by Gasteiger charge is 2.39. The van der Waals surface area contributed by atoms with Crippen LogP contribution >= 0.6 is 7.67 Å². The molecule has 0 spiro atoms. The predicted molar refractivity (Wildman–Crippen MR) is 117 cm³/mol. The van der Waals surface area contributed by atoms with Crippen LogP contribution in [0.4, 0.5) is 0 Å². The molecule has 0 unspecified atom stereocenters. The molecule has 6 heteroatoms. The van der Waals surface area contributed by atoms with Crippen LogP contribution in [0.25, 0.3) is 0 Å². The van der Waals surface area contributed by atoms with Gasteiger partial charge in [0.2, 0.25) is 0 Å². The van der Waals surface area contributed by atoms with Crippen molar-refractivity contribution in [3.05, 3.63) is 102 Å². The van der Waals surface area contributed by atoms with Crippen LogP contribution in [0.2, 0.25) is 0 Å². The van der Waals surface area contributed by atoms with Gasteiger partial charge in [0, 0.05) is 5.56 Å². The second-order valence-corrected chi connectivity index (χ2v) is 9.98. The molecule has 0 amide bonds. The van der Waals surface area contributed by atoms with Gasteiger partial charge in [-0.15, -0.1) is 0 Å². The molecule has 0 radical (unpaired) electrons. The lowest BCUT2D eigenvalue weighted by Gasteiger charge is -2.34. The van der Waals surface area contributed by atoms with Gasteiger partial charge in [0.15, 0.2) is 0 Å². The van der Waals surface area contributed by atoms with Crippen LogP contribution in [0.3, 0.4) is 0 Å². The Labute approximate surface area is 172 Å². The van der Waals surface area contributed by atoms with Crippen LogP contribution in [0.15, 0.2) is 84.9 Å². The number of para-hydroxylation sites is 1. The van der Waals surface area contributed by atoms with E-state index in [-0.39, 0.29) is 0 Å². The third kappa shape index (κ3) is 4.00. The molecule has 3 aromatic carbocycles. The summed E-state index contributed by atoms with van der Waals surface area (Å²) in [5.74, 6) is 0.369. The topological polar surface area (TPSA) is 53.0 Å². The zero-order valence-electron chi connectivity index (χ0n) is 17.2. The Kier molecular flexibility index (Phi) is 6.25. The lowest BCUT2D eigenvalue weighted by Crippen LogP contribution is -2.30. The molecule has 5 nitrogen and oxygen atoms in total. The molecule has 0 bridgehead atoms. The summed E-state index contributed by atoms with van der Waals surface area (Å²) in [6.07, 6.45) is 0.